The van der Waals surface area contributed by atoms with E-state index in [4.69, 9.17) is 9.47 Å². The van der Waals surface area contributed by atoms with Crippen molar-refractivity contribution in [1.29, 1.82) is 0 Å². The number of amides is 1. The first-order chi connectivity index (χ1) is 16.3. The lowest BCUT2D eigenvalue weighted by Gasteiger charge is -2.28. The van der Waals surface area contributed by atoms with Crippen molar-refractivity contribution in [1.82, 2.24) is 4.90 Å². The summed E-state index contributed by atoms with van der Waals surface area (Å²) in [5.41, 5.74) is 2.18. The second-order valence-electron chi connectivity index (χ2n) is 9.03. The van der Waals surface area contributed by atoms with Crippen LogP contribution < -0.4 is 14.4 Å². The first kappa shape index (κ1) is 23.7. The molecule has 2 aromatic rings. The summed E-state index contributed by atoms with van der Waals surface area (Å²) < 4.78 is 11.4. The molecule has 0 saturated carbocycles. The number of aliphatic hydroxyl groups excluding tert-OH is 1. The van der Waals surface area contributed by atoms with Crippen LogP contribution in [0.25, 0.3) is 5.76 Å². The van der Waals surface area contributed by atoms with Gasteiger partial charge in [0, 0.05) is 19.2 Å². The standard InChI is InChI=1S/C27H32N2O5/c1-5-6-13-29-24(18-7-10-20(11-8-18)34-17(2)3)23(26(31)27(29)32)25(30)19-9-12-22-21(16-19)28(4)14-15-33-22/h7-12,16-17,24,30H,5-6,13-15H2,1-4H3/b25-23-. The van der Waals surface area contributed by atoms with Gasteiger partial charge in [-0.25, -0.2) is 0 Å². The minimum atomic E-state index is -0.663. The van der Waals surface area contributed by atoms with Crippen LogP contribution in [-0.4, -0.2) is 54.5 Å². The van der Waals surface area contributed by atoms with Gasteiger partial charge in [-0.15, -0.1) is 0 Å². The topological polar surface area (TPSA) is 79.3 Å². The summed E-state index contributed by atoms with van der Waals surface area (Å²) in [5, 5.41) is 11.3. The van der Waals surface area contributed by atoms with Crippen LogP contribution in [-0.2, 0) is 9.59 Å². The van der Waals surface area contributed by atoms with Crippen LogP contribution in [0, 0.1) is 0 Å². The number of hydrogen-bond acceptors (Lipinski definition) is 6. The summed E-state index contributed by atoms with van der Waals surface area (Å²) in [6.07, 6.45) is 1.68. The maximum Gasteiger partial charge on any atom is 0.295 e. The number of carbonyl (C=O) groups is 2. The molecule has 34 heavy (non-hydrogen) atoms. The minimum Gasteiger partial charge on any atom is -0.507 e. The Kier molecular flexibility index (Phi) is 6.82. The zero-order chi connectivity index (χ0) is 24.4. The maximum absolute atomic E-state index is 13.2. The minimum absolute atomic E-state index is 0.0344. The molecule has 1 fully saturated rings. The van der Waals surface area contributed by atoms with Gasteiger partial charge in [-0.05, 0) is 56.2 Å². The summed E-state index contributed by atoms with van der Waals surface area (Å²) in [6, 6.07) is 12.0. The van der Waals surface area contributed by atoms with Gasteiger partial charge in [0.25, 0.3) is 11.7 Å². The molecular formula is C27H32N2O5. The van der Waals surface area contributed by atoms with Crippen molar-refractivity contribution in [3.8, 4) is 11.5 Å². The molecule has 2 aliphatic rings. The largest absolute Gasteiger partial charge is 0.507 e. The highest BCUT2D eigenvalue weighted by molar-refractivity contribution is 6.46. The third kappa shape index (κ3) is 4.47. The highest BCUT2D eigenvalue weighted by Gasteiger charge is 2.45. The fourth-order valence-electron chi connectivity index (χ4n) is 4.44. The zero-order valence-corrected chi connectivity index (χ0v) is 20.2. The molecule has 0 bridgehead atoms. The van der Waals surface area contributed by atoms with Crippen molar-refractivity contribution in [2.24, 2.45) is 0 Å². The van der Waals surface area contributed by atoms with Crippen molar-refractivity contribution in [3.05, 3.63) is 59.2 Å². The lowest BCUT2D eigenvalue weighted by atomic mass is 9.94. The number of likely N-dealkylation sites (tertiary alicyclic amines) is 1. The number of aliphatic hydroxyl groups is 1. The van der Waals surface area contributed by atoms with E-state index in [1.54, 1.807) is 23.1 Å². The summed E-state index contributed by atoms with van der Waals surface area (Å²) in [5.74, 6) is 0.0176. The third-order valence-corrected chi connectivity index (χ3v) is 6.19. The molecule has 0 radical (unpaired) electrons. The van der Waals surface area contributed by atoms with E-state index < -0.39 is 17.7 Å². The molecule has 0 aromatic heterocycles. The summed E-state index contributed by atoms with van der Waals surface area (Å²) in [4.78, 5) is 29.8. The Morgan fingerprint density at radius 1 is 1.18 bits per heavy atom. The smallest absolute Gasteiger partial charge is 0.295 e. The Morgan fingerprint density at radius 2 is 1.91 bits per heavy atom. The first-order valence-corrected chi connectivity index (χ1v) is 11.8. The van der Waals surface area contributed by atoms with Gasteiger partial charge >= 0.3 is 0 Å². The fraction of sp³-hybridized carbons (Fsp3) is 0.407. The van der Waals surface area contributed by atoms with Gasteiger partial charge < -0.3 is 24.4 Å². The van der Waals surface area contributed by atoms with Crippen LogP contribution >= 0.6 is 0 Å². The second kappa shape index (κ2) is 9.79. The van der Waals surface area contributed by atoms with Gasteiger partial charge in [0.2, 0.25) is 0 Å². The fourth-order valence-corrected chi connectivity index (χ4v) is 4.44. The van der Waals surface area contributed by atoms with Gasteiger partial charge in [0.1, 0.15) is 23.9 Å². The van der Waals surface area contributed by atoms with Crippen LogP contribution in [0.5, 0.6) is 11.5 Å². The predicted molar refractivity (Wildman–Crippen MR) is 131 cm³/mol. The quantitative estimate of drug-likeness (QED) is 0.369. The lowest BCUT2D eigenvalue weighted by molar-refractivity contribution is -0.139. The van der Waals surface area contributed by atoms with Crippen LogP contribution in [0.3, 0.4) is 0 Å². The number of fused-ring (bicyclic) bond motifs is 1. The molecule has 1 unspecified atom stereocenters. The van der Waals surface area contributed by atoms with E-state index in [2.05, 4.69) is 0 Å². The summed E-state index contributed by atoms with van der Waals surface area (Å²) in [6.45, 7) is 7.70. The Balaban J connectivity index is 1.79. The normalized spacial score (nSPS) is 19.4. The molecule has 2 aromatic carbocycles. The van der Waals surface area contributed by atoms with E-state index >= 15 is 0 Å². The van der Waals surface area contributed by atoms with E-state index in [-0.39, 0.29) is 17.4 Å². The SMILES string of the molecule is CCCCN1C(=O)C(=O)/C(=C(\O)c2ccc3c(c2)N(C)CCO3)C1c1ccc(OC(C)C)cc1. The van der Waals surface area contributed by atoms with Crippen LogP contribution in [0.4, 0.5) is 5.69 Å². The molecule has 0 spiro atoms. The molecule has 0 aliphatic carbocycles. The predicted octanol–water partition coefficient (Wildman–Crippen LogP) is 4.52. The van der Waals surface area contributed by atoms with Crippen molar-refractivity contribution in [2.75, 3.05) is 31.6 Å². The zero-order valence-electron chi connectivity index (χ0n) is 20.2. The Bertz CT molecular complexity index is 1110. The maximum atomic E-state index is 13.2. The number of hydrogen-bond donors (Lipinski definition) is 1. The number of benzene rings is 2. The highest BCUT2D eigenvalue weighted by atomic mass is 16.5. The molecule has 7 heteroatoms. The van der Waals surface area contributed by atoms with Crippen molar-refractivity contribution < 1.29 is 24.2 Å². The molecule has 1 N–H and O–H groups in total. The van der Waals surface area contributed by atoms with Crippen LogP contribution in [0.1, 0.15) is 50.8 Å². The van der Waals surface area contributed by atoms with Crippen LogP contribution in [0.15, 0.2) is 48.0 Å². The molecule has 4 rings (SSSR count). The molecule has 1 amide bonds. The molecule has 1 saturated heterocycles. The van der Waals surface area contributed by atoms with E-state index in [0.717, 1.165) is 36.4 Å². The second-order valence-corrected chi connectivity index (χ2v) is 9.03. The molecular weight excluding hydrogens is 432 g/mol. The average molecular weight is 465 g/mol. The Hall–Kier alpha value is -3.48. The van der Waals surface area contributed by atoms with Crippen molar-refractivity contribution >= 4 is 23.1 Å². The molecule has 7 nitrogen and oxygen atoms in total. The Labute approximate surface area is 200 Å². The summed E-state index contributed by atoms with van der Waals surface area (Å²) in [7, 11) is 1.95. The monoisotopic (exact) mass is 464 g/mol. The van der Waals surface area contributed by atoms with Gasteiger partial charge in [-0.2, -0.15) is 0 Å². The number of likely N-dealkylation sites (N-methyl/N-ethyl adjacent to an activating group) is 1. The van der Waals surface area contributed by atoms with E-state index in [1.807, 2.05) is 57.0 Å². The number of carbonyl (C=O) groups excluding carboxylic acids is 2. The van der Waals surface area contributed by atoms with Gasteiger partial charge in [0.15, 0.2) is 0 Å². The van der Waals surface area contributed by atoms with E-state index in [0.29, 0.717) is 24.5 Å². The number of unbranched alkanes of at least 4 members (excludes halogenated alkanes) is 1. The number of nitrogens with zero attached hydrogens (tertiary/aromatic N) is 2. The highest BCUT2D eigenvalue weighted by Crippen LogP contribution is 2.41. The number of anilines is 1. The van der Waals surface area contributed by atoms with Gasteiger partial charge in [-0.3, -0.25) is 9.59 Å². The Morgan fingerprint density at radius 3 is 2.59 bits per heavy atom. The number of rotatable bonds is 7. The molecule has 2 heterocycles. The third-order valence-electron chi connectivity index (χ3n) is 6.19. The molecule has 2 aliphatic heterocycles. The van der Waals surface area contributed by atoms with E-state index in [9.17, 15) is 14.7 Å². The van der Waals surface area contributed by atoms with E-state index in [1.165, 1.54) is 0 Å². The summed E-state index contributed by atoms with van der Waals surface area (Å²) >= 11 is 0. The first-order valence-electron chi connectivity index (χ1n) is 11.8. The molecule has 180 valence electrons. The lowest BCUT2D eigenvalue weighted by Crippen LogP contribution is -2.30. The number of Topliss-reactive ketones (excluding diaryl/α,β-unsaturated/α-hetero) is 1. The van der Waals surface area contributed by atoms with Gasteiger partial charge in [0.05, 0.1) is 30.0 Å². The average Bonchev–Trinajstić information content (AvgIpc) is 3.07. The van der Waals surface area contributed by atoms with Crippen LogP contribution in [0.2, 0.25) is 0 Å². The van der Waals surface area contributed by atoms with Gasteiger partial charge in [-0.1, -0.05) is 25.5 Å². The van der Waals surface area contributed by atoms with Crippen molar-refractivity contribution in [2.45, 2.75) is 45.8 Å². The number of ketones is 1. The molecule has 1 atom stereocenters. The van der Waals surface area contributed by atoms with Crippen molar-refractivity contribution in [3.63, 3.8) is 0 Å². The number of ether oxygens (including phenoxy) is 2.